The number of aromatic hydroxyl groups is 1. The molecule has 0 fully saturated rings. The maximum Gasteiger partial charge on any atom is 0.408 e. The van der Waals surface area contributed by atoms with Gasteiger partial charge in [-0.15, -0.1) is 0 Å². The molecule has 0 aromatic heterocycles. The van der Waals surface area contributed by atoms with Gasteiger partial charge in [-0.1, -0.05) is 38.8 Å². The van der Waals surface area contributed by atoms with Crippen molar-refractivity contribution in [3.05, 3.63) is 29.8 Å². The van der Waals surface area contributed by atoms with Crippen molar-refractivity contribution in [2.24, 2.45) is 0 Å². The average molecular weight is 480 g/mol. The molecule has 0 aliphatic rings. The van der Waals surface area contributed by atoms with Gasteiger partial charge in [0.2, 0.25) is 11.8 Å². The lowest BCUT2D eigenvalue weighted by Crippen LogP contribution is -2.55. The third-order valence-electron chi connectivity index (χ3n) is 5.06. The highest BCUT2D eigenvalue weighted by atomic mass is 16.6. The SMILES string of the molecule is CCCCN(C(=O)C(CO)NC(=O)OC(C)(C)C)C(C(=O)NC(C)CCC)c1cccc(O)c1. The number of rotatable bonds is 12. The number of unbranched alkanes of at least 4 members (excludes halogenated alkanes) is 1. The number of aliphatic hydroxyl groups excluding tert-OH is 1. The van der Waals surface area contributed by atoms with Gasteiger partial charge in [-0.3, -0.25) is 9.59 Å². The van der Waals surface area contributed by atoms with Crippen molar-refractivity contribution in [2.75, 3.05) is 13.2 Å². The third-order valence-corrected chi connectivity index (χ3v) is 5.06. The Morgan fingerprint density at radius 2 is 1.79 bits per heavy atom. The van der Waals surface area contributed by atoms with E-state index < -0.39 is 42.2 Å². The molecule has 34 heavy (non-hydrogen) atoms. The van der Waals surface area contributed by atoms with Crippen LogP contribution in [0.2, 0.25) is 0 Å². The molecule has 0 aliphatic heterocycles. The van der Waals surface area contributed by atoms with Crippen LogP contribution < -0.4 is 10.6 Å². The summed E-state index contributed by atoms with van der Waals surface area (Å²) < 4.78 is 5.22. The van der Waals surface area contributed by atoms with Crippen molar-refractivity contribution in [3.8, 4) is 5.75 Å². The molecule has 0 radical (unpaired) electrons. The fraction of sp³-hybridized carbons (Fsp3) is 0.640. The molecule has 3 unspecified atom stereocenters. The Morgan fingerprint density at radius 3 is 2.32 bits per heavy atom. The molecule has 0 bridgehead atoms. The van der Waals surface area contributed by atoms with E-state index in [1.807, 2.05) is 20.8 Å². The lowest BCUT2D eigenvalue weighted by molar-refractivity contribution is -0.143. The molecule has 0 spiro atoms. The highest BCUT2D eigenvalue weighted by Crippen LogP contribution is 2.26. The number of carbonyl (C=O) groups is 3. The van der Waals surface area contributed by atoms with Gasteiger partial charge in [0.15, 0.2) is 0 Å². The van der Waals surface area contributed by atoms with Crippen LogP contribution in [0.25, 0.3) is 0 Å². The zero-order valence-corrected chi connectivity index (χ0v) is 21.3. The summed E-state index contributed by atoms with van der Waals surface area (Å²) in [4.78, 5) is 40.6. The number of amides is 3. The molecule has 0 saturated heterocycles. The predicted molar refractivity (Wildman–Crippen MR) is 130 cm³/mol. The first-order valence-corrected chi connectivity index (χ1v) is 11.9. The summed E-state index contributed by atoms with van der Waals surface area (Å²) in [6.07, 6.45) is 2.16. The minimum absolute atomic E-state index is 0.0367. The quantitative estimate of drug-likeness (QED) is 0.364. The maximum atomic E-state index is 13.6. The Morgan fingerprint density at radius 1 is 1.12 bits per heavy atom. The van der Waals surface area contributed by atoms with Gasteiger partial charge in [-0.25, -0.2) is 4.79 Å². The molecule has 1 rings (SSSR count). The smallest absolute Gasteiger partial charge is 0.408 e. The first-order chi connectivity index (χ1) is 15.9. The van der Waals surface area contributed by atoms with Crippen LogP contribution in [-0.2, 0) is 14.3 Å². The molecule has 3 amide bonds. The Labute approximate surface area is 202 Å². The van der Waals surface area contributed by atoms with Crippen molar-refractivity contribution in [1.82, 2.24) is 15.5 Å². The van der Waals surface area contributed by atoms with E-state index in [2.05, 4.69) is 10.6 Å². The van der Waals surface area contributed by atoms with E-state index in [4.69, 9.17) is 4.74 Å². The number of hydrogen-bond donors (Lipinski definition) is 4. The molecule has 9 nitrogen and oxygen atoms in total. The molecular formula is C25H41N3O6. The zero-order chi connectivity index (χ0) is 25.9. The van der Waals surface area contributed by atoms with Crippen LogP contribution >= 0.6 is 0 Å². The summed E-state index contributed by atoms with van der Waals surface area (Å²) in [5, 5.41) is 25.3. The summed E-state index contributed by atoms with van der Waals surface area (Å²) in [5.41, 5.74) is -0.353. The number of phenols is 1. The van der Waals surface area contributed by atoms with Gasteiger partial charge in [0.25, 0.3) is 0 Å². The van der Waals surface area contributed by atoms with Gasteiger partial charge in [0, 0.05) is 12.6 Å². The van der Waals surface area contributed by atoms with Crippen molar-refractivity contribution >= 4 is 17.9 Å². The largest absolute Gasteiger partial charge is 0.508 e. The number of carbonyl (C=O) groups excluding carboxylic acids is 3. The van der Waals surface area contributed by atoms with Crippen LogP contribution in [0.4, 0.5) is 4.79 Å². The number of benzene rings is 1. The van der Waals surface area contributed by atoms with Crippen LogP contribution in [0.1, 0.15) is 78.8 Å². The highest BCUT2D eigenvalue weighted by Gasteiger charge is 2.36. The second-order valence-corrected chi connectivity index (χ2v) is 9.46. The fourth-order valence-electron chi connectivity index (χ4n) is 3.53. The van der Waals surface area contributed by atoms with Crippen LogP contribution in [0.5, 0.6) is 5.75 Å². The number of ether oxygens (including phenoxy) is 1. The topological polar surface area (TPSA) is 128 Å². The van der Waals surface area contributed by atoms with Crippen LogP contribution in [0.3, 0.4) is 0 Å². The predicted octanol–water partition coefficient (Wildman–Crippen LogP) is 3.25. The van der Waals surface area contributed by atoms with E-state index in [0.717, 1.165) is 19.3 Å². The normalized spacial score (nSPS) is 14.0. The average Bonchev–Trinajstić information content (AvgIpc) is 2.73. The molecule has 0 saturated carbocycles. The minimum Gasteiger partial charge on any atom is -0.508 e. The second-order valence-electron chi connectivity index (χ2n) is 9.46. The standard InChI is InChI=1S/C25H41N3O6/c1-7-9-14-28(23(32)20(16-29)27-24(33)34-25(4,5)6)21(18-12-10-13-19(30)15-18)22(31)26-17(3)11-8-2/h10,12-13,15,17,20-21,29-30H,7-9,11,14,16H2,1-6H3,(H,26,31)(H,27,33). The van der Waals surface area contributed by atoms with E-state index in [9.17, 15) is 24.6 Å². The van der Waals surface area contributed by atoms with Gasteiger partial charge >= 0.3 is 6.09 Å². The van der Waals surface area contributed by atoms with Gasteiger partial charge < -0.3 is 30.5 Å². The monoisotopic (exact) mass is 479 g/mol. The summed E-state index contributed by atoms with van der Waals surface area (Å²) in [6, 6.07) is 3.72. The Balaban J connectivity index is 3.35. The second kappa shape index (κ2) is 13.8. The molecule has 1 aromatic rings. The van der Waals surface area contributed by atoms with Crippen molar-refractivity contribution in [1.29, 1.82) is 0 Å². The van der Waals surface area contributed by atoms with Crippen molar-refractivity contribution < 1.29 is 29.3 Å². The fourth-order valence-corrected chi connectivity index (χ4v) is 3.53. The van der Waals surface area contributed by atoms with Gasteiger partial charge in [0.1, 0.15) is 23.4 Å². The third kappa shape index (κ3) is 9.59. The summed E-state index contributed by atoms with van der Waals surface area (Å²) >= 11 is 0. The molecule has 9 heteroatoms. The number of nitrogens with one attached hydrogen (secondary N) is 2. The number of hydrogen-bond acceptors (Lipinski definition) is 6. The van der Waals surface area contributed by atoms with Gasteiger partial charge in [-0.2, -0.15) is 0 Å². The maximum absolute atomic E-state index is 13.6. The van der Waals surface area contributed by atoms with E-state index in [1.54, 1.807) is 32.9 Å². The van der Waals surface area contributed by atoms with E-state index in [0.29, 0.717) is 12.0 Å². The highest BCUT2D eigenvalue weighted by molar-refractivity contribution is 5.92. The molecule has 192 valence electrons. The molecule has 1 aromatic carbocycles. The Hall–Kier alpha value is -2.81. The Kier molecular flexibility index (Phi) is 11.9. The minimum atomic E-state index is -1.30. The van der Waals surface area contributed by atoms with Crippen LogP contribution in [0.15, 0.2) is 24.3 Å². The molecule has 3 atom stereocenters. The molecular weight excluding hydrogens is 438 g/mol. The lowest BCUT2D eigenvalue weighted by Gasteiger charge is -2.34. The van der Waals surface area contributed by atoms with Gasteiger partial charge in [-0.05, 0) is 58.2 Å². The summed E-state index contributed by atoms with van der Waals surface area (Å²) in [6.45, 7) is 10.5. The first-order valence-electron chi connectivity index (χ1n) is 11.9. The van der Waals surface area contributed by atoms with Crippen molar-refractivity contribution in [3.63, 3.8) is 0 Å². The molecule has 4 N–H and O–H groups in total. The van der Waals surface area contributed by atoms with E-state index in [1.165, 1.54) is 17.0 Å². The van der Waals surface area contributed by atoms with E-state index >= 15 is 0 Å². The van der Waals surface area contributed by atoms with Crippen LogP contribution in [-0.4, -0.2) is 63.9 Å². The molecule has 0 aliphatic carbocycles. The lowest BCUT2D eigenvalue weighted by atomic mass is 10.0. The first kappa shape index (κ1) is 29.2. The number of phenolic OH excluding ortho intramolecular Hbond substituents is 1. The number of nitrogens with zero attached hydrogens (tertiary/aromatic N) is 1. The van der Waals surface area contributed by atoms with Gasteiger partial charge in [0.05, 0.1) is 6.61 Å². The van der Waals surface area contributed by atoms with E-state index in [-0.39, 0.29) is 18.3 Å². The zero-order valence-electron chi connectivity index (χ0n) is 21.3. The number of alkyl carbamates (subject to hydrolysis) is 1. The van der Waals surface area contributed by atoms with Crippen LogP contribution in [0, 0.1) is 0 Å². The van der Waals surface area contributed by atoms with Crippen molar-refractivity contribution in [2.45, 2.75) is 91.0 Å². The summed E-state index contributed by atoms with van der Waals surface area (Å²) in [5.74, 6) is -1.05. The molecule has 0 heterocycles. The Bertz CT molecular complexity index is 808. The number of aliphatic hydroxyl groups is 1. The summed E-state index contributed by atoms with van der Waals surface area (Å²) in [7, 11) is 0.